The van der Waals surface area contributed by atoms with Crippen LogP contribution in [-0.4, -0.2) is 26.0 Å². The number of hydrogen-bond acceptors (Lipinski definition) is 3. The molecule has 0 aliphatic rings. The van der Waals surface area contributed by atoms with Crippen LogP contribution in [0, 0.1) is 18.8 Å². The lowest BCUT2D eigenvalue weighted by atomic mass is 9.97. The summed E-state index contributed by atoms with van der Waals surface area (Å²) in [5, 5.41) is 9.16. The highest BCUT2D eigenvalue weighted by atomic mass is 35.5. The van der Waals surface area contributed by atoms with Crippen LogP contribution in [-0.2, 0) is 14.8 Å². The van der Waals surface area contributed by atoms with Gasteiger partial charge in [0.15, 0.2) is 0 Å². The van der Waals surface area contributed by atoms with Crippen LogP contribution < -0.4 is 4.72 Å². The van der Waals surface area contributed by atoms with Gasteiger partial charge in [0.2, 0.25) is 10.0 Å². The second kappa shape index (κ2) is 6.56. The molecule has 1 rings (SSSR count). The summed E-state index contributed by atoms with van der Waals surface area (Å²) in [5.41, 5.74) is 0.758. The molecule has 20 heavy (non-hydrogen) atoms. The molecule has 2 N–H and O–H groups in total. The van der Waals surface area contributed by atoms with Crippen LogP contribution in [0.5, 0.6) is 0 Å². The van der Waals surface area contributed by atoms with Gasteiger partial charge in [-0.05, 0) is 30.5 Å². The van der Waals surface area contributed by atoms with Crippen molar-refractivity contribution in [2.45, 2.75) is 25.7 Å². The lowest BCUT2D eigenvalue weighted by Crippen LogP contribution is -2.35. The van der Waals surface area contributed by atoms with Crippen LogP contribution in [0.4, 0.5) is 0 Å². The first-order valence-corrected chi connectivity index (χ1v) is 8.00. The summed E-state index contributed by atoms with van der Waals surface area (Å²) >= 11 is 5.89. The fourth-order valence-electron chi connectivity index (χ4n) is 1.70. The van der Waals surface area contributed by atoms with Gasteiger partial charge in [-0.2, -0.15) is 0 Å². The van der Waals surface area contributed by atoms with Crippen LogP contribution in [0.15, 0.2) is 23.1 Å². The molecule has 0 spiro atoms. The summed E-state index contributed by atoms with van der Waals surface area (Å²) < 4.78 is 26.6. The minimum Gasteiger partial charge on any atom is -0.481 e. The van der Waals surface area contributed by atoms with Gasteiger partial charge in [0.25, 0.3) is 0 Å². The number of carbonyl (C=O) groups is 1. The minimum atomic E-state index is -3.82. The van der Waals surface area contributed by atoms with E-state index in [1.165, 1.54) is 12.1 Å². The summed E-state index contributed by atoms with van der Waals surface area (Å²) in [6.45, 7) is 5.04. The first kappa shape index (κ1) is 16.9. The van der Waals surface area contributed by atoms with Crippen molar-refractivity contribution in [2.75, 3.05) is 6.54 Å². The van der Waals surface area contributed by atoms with Crippen LogP contribution >= 0.6 is 11.6 Å². The smallest absolute Gasteiger partial charge is 0.308 e. The van der Waals surface area contributed by atoms with Crippen LogP contribution in [0.3, 0.4) is 0 Å². The molecule has 0 aliphatic heterocycles. The van der Waals surface area contributed by atoms with E-state index in [0.29, 0.717) is 0 Å². The Morgan fingerprint density at radius 2 is 2.00 bits per heavy atom. The van der Waals surface area contributed by atoms with E-state index in [0.717, 1.165) is 5.56 Å². The number of aryl methyl sites for hydroxylation is 1. The fourth-order valence-corrected chi connectivity index (χ4v) is 3.34. The highest BCUT2D eigenvalue weighted by Gasteiger charge is 2.25. The van der Waals surface area contributed by atoms with Crippen molar-refractivity contribution in [1.29, 1.82) is 0 Å². The Morgan fingerprint density at radius 3 is 2.50 bits per heavy atom. The normalized spacial score (nSPS) is 13.4. The molecule has 0 aliphatic carbocycles. The molecule has 5 nitrogen and oxygen atoms in total. The molecule has 112 valence electrons. The van der Waals surface area contributed by atoms with Gasteiger partial charge in [0.05, 0.1) is 10.9 Å². The molecule has 0 fully saturated rings. The van der Waals surface area contributed by atoms with Crippen molar-refractivity contribution in [1.82, 2.24) is 4.72 Å². The average Bonchev–Trinajstić information content (AvgIpc) is 2.31. The maximum Gasteiger partial charge on any atom is 0.308 e. The van der Waals surface area contributed by atoms with Crippen molar-refractivity contribution >= 4 is 27.6 Å². The van der Waals surface area contributed by atoms with Crippen molar-refractivity contribution in [3.63, 3.8) is 0 Å². The average molecular weight is 320 g/mol. The van der Waals surface area contributed by atoms with Gasteiger partial charge < -0.3 is 5.11 Å². The predicted octanol–water partition coefficient (Wildman–Crippen LogP) is 2.28. The summed E-state index contributed by atoms with van der Waals surface area (Å²) in [6, 6.07) is 4.66. The van der Waals surface area contributed by atoms with Gasteiger partial charge >= 0.3 is 5.97 Å². The van der Waals surface area contributed by atoms with E-state index in [-0.39, 0.29) is 22.4 Å². The Kier molecular flexibility index (Phi) is 5.56. The van der Waals surface area contributed by atoms with Gasteiger partial charge in [-0.1, -0.05) is 31.5 Å². The molecule has 7 heteroatoms. The van der Waals surface area contributed by atoms with E-state index in [9.17, 15) is 13.2 Å². The van der Waals surface area contributed by atoms with Crippen molar-refractivity contribution in [3.8, 4) is 0 Å². The maximum absolute atomic E-state index is 12.2. The Balaban J connectivity index is 2.95. The van der Waals surface area contributed by atoms with E-state index in [1.807, 2.05) is 0 Å². The summed E-state index contributed by atoms with van der Waals surface area (Å²) in [7, 11) is -3.82. The molecule has 0 aromatic heterocycles. The first-order valence-electron chi connectivity index (χ1n) is 6.13. The highest BCUT2D eigenvalue weighted by molar-refractivity contribution is 7.89. The van der Waals surface area contributed by atoms with Gasteiger partial charge in [0.1, 0.15) is 4.90 Å². The lowest BCUT2D eigenvalue weighted by Gasteiger charge is -2.17. The zero-order valence-corrected chi connectivity index (χ0v) is 13.1. The Hall–Kier alpha value is -1.11. The van der Waals surface area contributed by atoms with Gasteiger partial charge in [0, 0.05) is 6.54 Å². The molecule has 0 heterocycles. The second-order valence-electron chi connectivity index (χ2n) is 4.97. The fraction of sp³-hybridized carbons (Fsp3) is 0.462. The number of rotatable bonds is 6. The monoisotopic (exact) mass is 319 g/mol. The molecule has 1 unspecified atom stereocenters. The van der Waals surface area contributed by atoms with E-state index < -0.39 is 21.9 Å². The number of carboxylic acid groups (broad SMARTS) is 1. The lowest BCUT2D eigenvalue weighted by molar-refractivity contribution is -0.142. The largest absolute Gasteiger partial charge is 0.481 e. The maximum atomic E-state index is 12.2. The Bertz CT molecular complexity index is 598. The molecule has 0 amide bonds. The Morgan fingerprint density at radius 1 is 1.40 bits per heavy atom. The molecule has 1 atom stereocenters. The SMILES string of the molecule is Cc1ccc(Cl)c(S(=O)(=O)NCC(C(=O)O)C(C)C)c1. The molecule has 1 aromatic carbocycles. The van der Waals surface area contributed by atoms with E-state index in [1.54, 1.807) is 26.8 Å². The molecule has 0 saturated carbocycles. The number of carboxylic acids is 1. The minimum absolute atomic E-state index is 0.0351. The highest BCUT2D eigenvalue weighted by Crippen LogP contribution is 2.22. The third kappa shape index (κ3) is 4.19. The molecular weight excluding hydrogens is 302 g/mol. The molecule has 0 saturated heterocycles. The van der Waals surface area contributed by atoms with Crippen LogP contribution in [0.2, 0.25) is 5.02 Å². The summed E-state index contributed by atoms with van der Waals surface area (Å²) in [6.07, 6.45) is 0. The topological polar surface area (TPSA) is 83.5 Å². The quantitative estimate of drug-likeness (QED) is 0.842. The van der Waals surface area contributed by atoms with Gasteiger partial charge in [-0.15, -0.1) is 0 Å². The van der Waals surface area contributed by atoms with Gasteiger partial charge in [-0.25, -0.2) is 13.1 Å². The van der Waals surface area contributed by atoms with Crippen LogP contribution in [0.25, 0.3) is 0 Å². The number of nitrogens with one attached hydrogen (secondary N) is 1. The third-order valence-electron chi connectivity index (χ3n) is 2.99. The predicted molar refractivity (Wildman–Crippen MR) is 77.3 cm³/mol. The van der Waals surface area contributed by atoms with E-state index in [2.05, 4.69) is 4.72 Å². The molecule has 1 aromatic rings. The Labute approximate surface area is 124 Å². The van der Waals surface area contributed by atoms with E-state index in [4.69, 9.17) is 16.7 Å². The zero-order valence-electron chi connectivity index (χ0n) is 11.6. The number of aliphatic carboxylic acids is 1. The van der Waals surface area contributed by atoms with E-state index >= 15 is 0 Å². The molecule has 0 radical (unpaired) electrons. The molecular formula is C13H18ClNO4S. The van der Waals surface area contributed by atoms with Crippen molar-refractivity contribution in [2.24, 2.45) is 11.8 Å². The third-order valence-corrected chi connectivity index (χ3v) is 4.90. The zero-order chi connectivity index (χ0) is 15.5. The number of halogens is 1. The van der Waals surface area contributed by atoms with Crippen molar-refractivity contribution in [3.05, 3.63) is 28.8 Å². The second-order valence-corrected chi connectivity index (χ2v) is 7.12. The summed E-state index contributed by atoms with van der Waals surface area (Å²) in [4.78, 5) is 11.0. The number of sulfonamides is 1. The van der Waals surface area contributed by atoms with Crippen molar-refractivity contribution < 1.29 is 18.3 Å². The molecule has 0 bridgehead atoms. The first-order chi connectivity index (χ1) is 9.15. The number of hydrogen-bond donors (Lipinski definition) is 2. The standard InChI is InChI=1S/C13H18ClNO4S/c1-8(2)10(13(16)17)7-15-20(18,19)12-6-9(3)4-5-11(12)14/h4-6,8,10,15H,7H2,1-3H3,(H,16,17). The number of benzene rings is 1. The van der Waals surface area contributed by atoms with Crippen LogP contribution in [0.1, 0.15) is 19.4 Å². The summed E-state index contributed by atoms with van der Waals surface area (Å²) in [5.74, 6) is -1.99. The van der Waals surface area contributed by atoms with Gasteiger partial charge in [-0.3, -0.25) is 4.79 Å².